The molecule has 0 heterocycles. The molecule has 0 aliphatic heterocycles. The van der Waals surface area contributed by atoms with Gasteiger partial charge in [-0.05, 0) is 30.8 Å². The molecule has 0 unspecified atom stereocenters. The fourth-order valence-electron chi connectivity index (χ4n) is 2.06. The van der Waals surface area contributed by atoms with Crippen molar-refractivity contribution in [2.75, 3.05) is 7.11 Å². The number of esters is 1. The zero-order valence-corrected chi connectivity index (χ0v) is 10.4. The van der Waals surface area contributed by atoms with E-state index >= 15 is 0 Å². The second-order valence-corrected chi connectivity index (χ2v) is 4.35. The van der Waals surface area contributed by atoms with Crippen LogP contribution in [0.5, 0.6) is 0 Å². The molecule has 1 aliphatic carbocycles. The molecule has 0 N–H and O–H groups in total. The van der Waals surface area contributed by atoms with Gasteiger partial charge < -0.3 is 4.74 Å². The van der Waals surface area contributed by atoms with Crippen molar-refractivity contribution in [2.45, 2.75) is 45.4 Å². The molecule has 2 nitrogen and oxygen atoms in total. The topological polar surface area (TPSA) is 26.3 Å². The van der Waals surface area contributed by atoms with Gasteiger partial charge in [-0.3, -0.25) is 0 Å². The molecule has 1 fully saturated rings. The molecule has 0 saturated heterocycles. The maximum absolute atomic E-state index is 11.1. The van der Waals surface area contributed by atoms with Gasteiger partial charge in [0.15, 0.2) is 0 Å². The van der Waals surface area contributed by atoms with Crippen LogP contribution in [0.3, 0.4) is 0 Å². The molecule has 0 aromatic heterocycles. The molecule has 0 atom stereocenters. The smallest absolute Gasteiger partial charge is 0.330 e. The maximum Gasteiger partial charge on any atom is 0.330 e. The molecular formula is C14H22O2. The van der Waals surface area contributed by atoms with Crippen LogP contribution in [0, 0.1) is 5.92 Å². The Kier molecular flexibility index (Phi) is 5.91. The van der Waals surface area contributed by atoms with E-state index in [-0.39, 0.29) is 5.97 Å². The van der Waals surface area contributed by atoms with Gasteiger partial charge in [-0.1, -0.05) is 38.3 Å². The lowest BCUT2D eigenvalue weighted by Crippen LogP contribution is -2.02. The Morgan fingerprint density at radius 3 is 2.56 bits per heavy atom. The highest BCUT2D eigenvalue weighted by molar-refractivity contribution is 5.83. The fourth-order valence-corrected chi connectivity index (χ4v) is 2.06. The summed E-state index contributed by atoms with van der Waals surface area (Å²) >= 11 is 0. The van der Waals surface area contributed by atoms with Gasteiger partial charge in [0.1, 0.15) is 0 Å². The van der Waals surface area contributed by atoms with E-state index in [1.807, 2.05) is 0 Å². The van der Waals surface area contributed by atoms with Crippen LogP contribution < -0.4 is 0 Å². The van der Waals surface area contributed by atoms with Crippen molar-refractivity contribution < 1.29 is 9.53 Å². The summed E-state index contributed by atoms with van der Waals surface area (Å²) in [5, 5.41) is 0. The van der Waals surface area contributed by atoms with E-state index in [0.29, 0.717) is 5.92 Å². The Morgan fingerprint density at radius 1 is 1.31 bits per heavy atom. The summed E-state index contributed by atoms with van der Waals surface area (Å²) in [5.74, 6) is 0.450. The number of allylic oxidation sites excluding steroid dienone is 3. The van der Waals surface area contributed by atoms with Gasteiger partial charge in [-0.2, -0.15) is 0 Å². The monoisotopic (exact) mass is 222 g/mol. The van der Waals surface area contributed by atoms with E-state index in [2.05, 4.69) is 23.8 Å². The van der Waals surface area contributed by atoms with Crippen molar-refractivity contribution in [1.29, 1.82) is 0 Å². The summed E-state index contributed by atoms with van der Waals surface area (Å²) in [6.45, 7) is 2.06. The van der Waals surface area contributed by atoms with E-state index in [1.165, 1.54) is 39.2 Å². The Hall–Kier alpha value is -1.05. The second-order valence-electron chi connectivity index (χ2n) is 4.35. The molecule has 1 saturated carbocycles. The predicted molar refractivity (Wildman–Crippen MR) is 66.1 cm³/mol. The highest BCUT2D eigenvalue weighted by Crippen LogP contribution is 2.25. The number of hydrogen-bond acceptors (Lipinski definition) is 2. The molecule has 1 rings (SSSR count). The quantitative estimate of drug-likeness (QED) is 0.412. The predicted octanol–water partition coefficient (Wildman–Crippen LogP) is 3.63. The Bertz CT molecular complexity index is 270. The zero-order valence-electron chi connectivity index (χ0n) is 10.4. The first-order chi connectivity index (χ1) is 7.76. The second kappa shape index (κ2) is 7.26. The lowest BCUT2D eigenvalue weighted by molar-refractivity contribution is -0.134. The third-order valence-corrected chi connectivity index (χ3v) is 3.14. The average molecular weight is 222 g/mol. The third kappa shape index (κ3) is 4.65. The summed E-state index contributed by atoms with van der Waals surface area (Å²) in [5.41, 5.74) is 1.05. The molecule has 0 radical (unpaired) electrons. The van der Waals surface area contributed by atoms with Crippen LogP contribution >= 0.6 is 0 Å². The van der Waals surface area contributed by atoms with Crippen LogP contribution in [0.1, 0.15) is 45.4 Å². The van der Waals surface area contributed by atoms with Gasteiger partial charge in [-0.15, -0.1) is 0 Å². The lowest BCUT2D eigenvalue weighted by Gasteiger charge is -2.17. The van der Waals surface area contributed by atoms with Crippen LogP contribution in [-0.4, -0.2) is 13.1 Å². The number of carbonyl (C=O) groups excluding carboxylic acids is 1. The first-order valence-electron chi connectivity index (χ1n) is 6.23. The van der Waals surface area contributed by atoms with Crippen LogP contribution in [0.4, 0.5) is 0 Å². The van der Waals surface area contributed by atoms with Crippen LogP contribution in [0.25, 0.3) is 0 Å². The highest BCUT2D eigenvalue weighted by atomic mass is 16.5. The van der Waals surface area contributed by atoms with Gasteiger partial charge in [0.2, 0.25) is 0 Å². The summed E-state index contributed by atoms with van der Waals surface area (Å²) in [6.07, 6.45) is 13.5. The van der Waals surface area contributed by atoms with Crippen LogP contribution in [-0.2, 0) is 9.53 Å². The van der Waals surface area contributed by atoms with Gasteiger partial charge in [0, 0.05) is 6.08 Å². The largest absolute Gasteiger partial charge is 0.466 e. The third-order valence-electron chi connectivity index (χ3n) is 3.14. The first kappa shape index (κ1) is 13.0. The fraction of sp³-hybridized carbons (Fsp3) is 0.643. The molecular weight excluding hydrogens is 200 g/mol. The highest BCUT2D eigenvalue weighted by Gasteiger charge is 2.09. The van der Waals surface area contributed by atoms with E-state index in [1.54, 1.807) is 6.08 Å². The molecule has 0 aromatic carbocycles. The van der Waals surface area contributed by atoms with Crippen molar-refractivity contribution in [3.63, 3.8) is 0 Å². The van der Waals surface area contributed by atoms with E-state index in [4.69, 9.17) is 0 Å². The minimum atomic E-state index is -0.259. The summed E-state index contributed by atoms with van der Waals surface area (Å²) in [4.78, 5) is 11.1. The Balaban J connectivity index is 2.51. The number of methoxy groups -OCH3 is 1. The van der Waals surface area contributed by atoms with Crippen molar-refractivity contribution in [3.05, 3.63) is 23.8 Å². The summed E-state index contributed by atoms with van der Waals surface area (Å²) in [6, 6.07) is 0. The number of rotatable bonds is 4. The van der Waals surface area contributed by atoms with Gasteiger partial charge in [0.05, 0.1) is 7.11 Å². The number of carbonyl (C=O) groups is 1. The number of hydrogen-bond donors (Lipinski definition) is 0. The van der Waals surface area contributed by atoms with Crippen molar-refractivity contribution in [1.82, 2.24) is 0 Å². The van der Waals surface area contributed by atoms with Crippen molar-refractivity contribution in [3.8, 4) is 0 Å². The van der Waals surface area contributed by atoms with E-state index in [0.717, 1.165) is 12.0 Å². The van der Waals surface area contributed by atoms with Gasteiger partial charge in [-0.25, -0.2) is 4.79 Å². The zero-order chi connectivity index (χ0) is 11.8. The minimum Gasteiger partial charge on any atom is -0.466 e. The van der Waals surface area contributed by atoms with Crippen molar-refractivity contribution in [2.24, 2.45) is 5.92 Å². The molecule has 0 amide bonds. The van der Waals surface area contributed by atoms with E-state index in [9.17, 15) is 4.79 Å². The van der Waals surface area contributed by atoms with Crippen LogP contribution in [0.15, 0.2) is 23.8 Å². The molecule has 2 heteroatoms. The molecule has 16 heavy (non-hydrogen) atoms. The first-order valence-corrected chi connectivity index (χ1v) is 6.23. The van der Waals surface area contributed by atoms with Crippen molar-refractivity contribution >= 4 is 5.97 Å². The Labute approximate surface area is 98.4 Å². The molecule has 1 aliphatic rings. The summed E-state index contributed by atoms with van der Waals surface area (Å²) in [7, 11) is 1.41. The Morgan fingerprint density at radius 2 is 2.00 bits per heavy atom. The molecule has 0 aromatic rings. The molecule has 0 spiro atoms. The molecule has 0 bridgehead atoms. The minimum absolute atomic E-state index is 0.259. The van der Waals surface area contributed by atoms with Crippen LogP contribution in [0.2, 0.25) is 0 Å². The standard InChI is InChI=1S/C14H22O2/c1-3-12(11-14(15)16-2)9-10-13-7-5-4-6-8-13/h9-11,13H,3-8H2,1-2H3/b10-9+,12-11+. The number of ether oxygens (including phenoxy) is 1. The lowest BCUT2D eigenvalue weighted by atomic mass is 9.88. The normalized spacial score (nSPS) is 19.0. The van der Waals surface area contributed by atoms with Gasteiger partial charge >= 0.3 is 5.97 Å². The molecule has 90 valence electrons. The maximum atomic E-state index is 11.1. The SMILES string of the molecule is CCC(/C=C/C1CCCCC1)=C\C(=O)OC. The van der Waals surface area contributed by atoms with Gasteiger partial charge in [0.25, 0.3) is 0 Å². The average Bonchev–Trinajstić information content (AvgIpc) is 2.35. The van der Waals surface area contributed by atoms with E-state index < -0.39 is 0 Å². The summed E-state index contributed by atoms with van der Waals surface area (Å²) < 4.78 is 4.63.